The van der Waals surface area contributed by atoms with Crippen molar-refractivity contribution in [3.8, 4) is 22.9 Å². The largest absolute Gasteiger partial charge is 0.496 e. The van der Waals surface area contributed by atoms with Gasteiger partial charge in [-0.2, -0.15) is 0 Å². The molecule has 1 N–H and O–H groups in total. The Labute approximate surface area is 157 Å². The van der Waals surface area contributed by atoms with Gasteiger partial charge in [0.15, 0.2) is 5.13 Å². The van der Waals surface area contributed by atoms with Crippen molar-refractivity contribution in [2.24, 2.45) is 0 Å². The summed E-state index contributed by atoms with van der Waals surface area (Å²) in [5.41, 5.74) is 2.40. The quantitative estimate of drug-likeness (QED) is 0.597. The monoisotopic (exact) mass is 373 g/mol. The number of nitrogens with one attached hydrogen (secondary N) is 1. The van der Waals surface area contributed by atoms with Crippen molar-refractivity contribution in [2.75, 3.05) is 32.8 Å². The van der Waals surface area contributed by atoms with Crippen LogP contribution in [-0.4, -0.2) is 43.4 Å². The Kier molecular flexibility index (Phi) is 5.90. The molecule has 1 aromatic carbocycles. The summed E-state index contributed by atoms with van der Waals surface area (Å²) in [5, 5.41) is 7.13. The van der Waals surface area contributed by atoms with E-state index in [9.17, 15) is 0 Å². The summed E-state index contributed by atoms with van der Waals surface area (Å²) in [7, 11) is 3.31. The molecule has 138 valence electrons. The molecule has 0 unspecified atom stereocenters. The highest BCUT2D eigenvalue weighted by atomic mass is 32.1. The van der Waals surface area contributed by atoms with Crippen LogP contribution in [0.1, 0.15) is 13.8 Å². The molecule has 0 fully saturated rings. The fourth-order valence-corrected chi connectivity index (χ4v) is 3.37. The summed E-state index contributed by atoms with van der Waals surface area (Å²) < 4.78 is 16.3. The highest BCUT2D eigenvalue weighted by Crippen LogP contribution is 2.33. The minimum atomic E-state index is 0.333. The van der Waals surface area contributed by atoms with Crippen LogP contribution in [0, 0.1) is 0 Å². The molecule has 0 amide bonds. The Hall–Kier alpha value is -2.38. The predicted octanol–water partition coefficient (Wildman–Crippen LogP) is 4.21. The van der Waals surface area contributed by atoms with Gasteiger partial charge < -0.3 is 19.5 Å². The molecule has 0 saturated heterocycles. The van der Waals surface area contributed by atoms with Crippen molar-refractivity contribution in [3.63, 3.8) is 0 Å². The van der Waals surface area contributed by atoms with Gasteiger partial charge in [0.2, 0.25) is 0 Å². The van der Waals surface area contributed by atoms with Crippen LogP contribution in [0.25, 0.3) is 22.3 Å². The third kappa shape index (κ3) is 4.23. The highest BCUT2D eigenvalue weighted by Gasteiger charge is 2.12. The molecular weight excluding hydrogens is 350 g/mol. The molecule has 0 aliphatic heterocycles. The minimum Gasteiger partial charge on any atom is -0.496 e. The molecule has 3 aromatic rings. The Morgan fingerprint density at radius 1 is 1.08 bits per heavy atom. The number of pyridine rings is 1. The van der Waals surface area contributed by atoms with Gasteiger partial charge in [0, 0.05) is 36.1 Å². The van der Waals surface area contributed by atoms with Crippen molar-refractivity contribution in [1.29, 1.82) is 0 Å². The van der Waals surface area contributed by atoms with Crippen LogP contribution in [0.3, 0.4) is 0 Å². The Balaban J connectivity index is 1.96. The molecule has 26 heavy (non-hydrogen) atoms. The number of thiazole rings is 1. The molecule has 0 radical (unpaired) electrons. The van der Waals surface area contributed by atoms with Gasteiger partial charge in [0.25, 0.3) is 0 Å². The lowest BCUT2D eigenvalue weighted by Gasteiger charge is -2.10. The first-order valence-electron chi connectivity index (χ1n) is 8.43. The second kappa shape index (κ2) is 8.33. The predicted molar refractivity (Wildman–Crippen MR) is 106 cm³/mol. The highest BCUT2D eigenvalue weighted by molar-refractivity contribution is 7.14. The van der Waals surface area contributed by atoms with E-state index < -0.39 is 0 Å². The molecule has 6 nitrogen and oxygen atoms in total. The lowest BCUT2D eigenvalue weighted by Crippen LogP contribution is -2.09. The van der Waals surface area contributed by atoms with E-state index >= 15 is 0 Å². The van der Waals surface area contributed by atoms with E-state index in [1.54, 1.807) is 25.6 Å². The third-order valence-electron chi connectivity index (χ3n) is 3.70. The van der Waals surface area contributed by atoms with Crippen molar-refractivity contribution < 1.29 is 14.2 Å². The van der Waals surface area contributed by atoms with E-state index in [1.165, 1.54) is 0 Å². The molecular formula is C19H23N3O3S. The number of hydrogen-bond donors (Lipinski definition) is 1. The molecule has 3 rings (SSSR count). The number of methoxy groups -OCH3 is 2. The fourth-order valence-electron chi connectivity index (χ4n) is 2.51. The van der Waals surface area contributed by atoms with Crippen LogP contribution in [0.4, 0.5) is 5.13 Å². The first-order chi connectivity index (χ1) is 12.6. The average Bonchev–Trinajstić information content (AvgIpc) is 3.08. The second-order valence-corrected chi connectivity index (χ2v) is 6.93. The number of rotatable bonds is 8. The molecule has 2 heterocycles. The van der Waals surface area contributed by atoms with E-state index in [-0.39, 0.29) is 0 Å². The summed E-state index contributed by atoms with van der Waals surface area (Å²) in [4.78, 5) is 9.39. The van der Waals surface area contributed by atoms with Gasteiger partial charge in [-0.25, -0.2) is 9.97 Å². The fraction of sp³-hybridized carbons (Fsp3) is 0.368. The topological polar surface area (TPSA) is 65.5 Å². The van der Waals surface area contributed by atoms with E-state index in [1.807, 2.05) is 29.6 Å². The van der Waals surface area contributed by atoms with Crippen LogP contribution < -0.4 is 14.8 Å². The van der Waals surface area contributed by atoms with Crippen molar-refractivity contribution in [2.45, 2.75) is 19.9 Å². The maximum atomic E-state index is 5.69. The number of aromatic nitrogens is 2. The van der Waals surface area contributed by atoms with E-state index in [2.05, 4.69) is 24.1 Å². The first-order valence-corrected chi connectivity index (χ1v) is 9.31. The molecule has 0 aliphatic carbocycles. The van der Waals surface area contributed by atoms with Crippen LogP contribution in [0.15, 0.2) is 29.6 Å². The van der Waals surface area contributed by atoms with Crippen molar-refractivity contribution in [1.82, 2.24) is 9.97 Å². The number of ether oxygens (including phenoxy) is 3. The zero-order valence-electron chi connectivity index (χ0n) is 15.4. The summed E-state index contributed by atoms with van der Waals surface area (Å²) in [6, 6.07) is 8.04. The van der Waals surface area contributed by atoms with Crippen molar-refractivity contribution >= 4 is 27.4 Å². The summed E-state index contributed by atoms with van der Waals surface area (Å²) >= 11 is 1.57. The molecule has 0 spiro atoms. The van der Waals surface area contributed by atoms with Crippen LogP contribution in [-0.2, 0) is 4.74 Å². The number of anilines is 1. The molecule has 0 saturated carbocycles. The zero-order chi connectivity index (χ0) is 18.5. The van der Waals surface area contributed by atoms with Gasteiger partial charge in [-0.3, -0.25) is 0 Å². The summed E-state index contributed by atoms with van der Waals surface area (Å²) in [6.45, 7) is 5.21. The van der Waals surface area contributed by atoms with E-state index in [0.29, 0.717) is 19.3 Å². The first kappa shape index (κ1) is 18.4. The lowest BCUT2D eigenvalue weighted by molar-refractivity contribution is 0.146. The van der Waals surface area contributed by atoms with Crippen LogP contribution in [0.2, 0.25) is 0 Å². The SMILES string of the molecule is COCCOc1ccc2c(OC)cc(-c3csc(NC(C)C)n3)nc2c1. The standard InChI is InChI=1S/C19H23N3O3S/c1-12(2)20-19-22-17(11-26-19)16-10-18(24-4)14-6-5-13(9-15(14)21-16)25-8-7-23-3/h5-6,9-12H,7-8H2,1-4H3,(H,20,22). The summed E-state index contributed by atoms with van der Waals surface area (Å²) in [6.07, 6.45) is 0. The van der Waals surface area contributed by atoms with Gasteiger partial charge in [0.1, 0.15) is 23.8 Å². The third-order valence-corrected chi connectivity index (χ3v) is 4.47. The molecule has 7 heteroatoms. The molecule has 0 bridgehead atoms. The molecule has 2 aromatic heterocycles. The lowest BCUT2D eigenvalue weighted by atomic mass is 10.1. The smallest absolute Gasteiger partial charge is 0.183 e. The zero-order valence-corrected chi connectivity index (χ0v) is 16.2. The average molecular weight is 373 g/mol. The number of benzene rings is 1. The second-order valence-electron chi connectivity index (χ2n) is 6.07. The summed E-state index contributed by atoms with van der Waals surface area (Å²) in [5.74, 6) is 1.52. The molecule has 0 aliphatic rings. The van der Waals surface area contributed by atoms with Gasteiger partial charge >= 0.3 is 0 Å². The number of hydrogen-bond acceptors (Lipinski definition) is 7. The maximum absolute atomic E-state index is 5.69. The number of nitrogens with zero attached hydrogens (tertiary/aromatic N) is 2. The van der Waals surface area contributed by atoms with Crippen LogP contribution in [0.5, 0.6) is 11.5 Å². The van der Waals surface area contributed by atoms with Gasteiger partial charge in [-0.1, -0.05) is 0 Å². The van der Waals surface area contributed by atoms with Crippen LogP contribution >= 0.6 is 11.3 Å². The van der Waals surface area contributed by atoms with Crippen molar-refractivity contribution in [3.05, 3.63) is 29.6 Å². The van der Waals surface area contributed by atoms with Gasteiger partial charge in [0.05, 0.1) is 24.9 Å². The minimum absolute atomic E-state index is 0.333. The molecule has 0 atom stereocenters. The number of fused-ring (bicyclic) bond motifs is 1. The van der Waals surface area contributed by atoms with Gasteiger partial charge in [-0.15, -0.1) is 11.3 Å². The van der Waals surface area contributed by atoms with E-state index in [4.69, 9.17) is 19.2 Å². The normalized spacial score (nSPS) is 11.1. The Morgan fingerprint density at radius 3 is 2.65 bits per heavy atom. The van der Waals surface area contributed by atoms with E-state index in [0.717, 1.165) is 38.9 Å². The van der Waals surface area contributed by atoms with Gasteiger partial charge in [-0.05, 0) is 26.0 Å². The maximum Gasteiger partial charge on any atom is 0.183 e. The Morgan fingerprint density at radius 2 is 1.92 bits per heavy atom. The Bertz CT molecular complexity index is 880.